The van der Waals surface area contributed by atoms with Crippen molar-refractivity contribution in [3.63, 3.8) is 0 Å². The third kappa shape index (κ3) is 3.44. The van der Waals surface area contributed by atoms with Gasteiger partial charge in [0.1, 0.15) is 0 Å². The Morgan fingerprint density at radius 2 is 1.45 bits per heavy atom. The molecule has 1 saturated heterocycles. The SMILES string of the molecule is O=C(O)N1CCN(C(=O)c2ccc(N3CC(O)=C(O)c4ccccc43)cc2)CC1. The number of aliphatic hydroxyl groups excluding tert-OH is 2. The van der Waals surface area contributed by atoms with Crippen molar-refractivity contribution in [2.24, 2.45) is 0 Å². The van der Waals surface area contributed by atoms with Gasteiger partial charge in [-0.05, 0) is 36.4 Å². The predicted octanol–water partition coefficient (Wildman–Crippen LogP) is 3.06. The Bertz CT molecular complexity index is 978. The molecule has 2 aliphatic heterocycles. The molecule has 2 aliphatic rings. The molecule has 8 heteroatoms. The molecule has 2 heterocycles. The van der Waals surface area contributed by atoms with Gasteiger partial charge in [0.2, 0.25) is 0 Å². The van der Waals surface area contributed by atoms with Crippen LogP contribution in [-0.2, 0) is 0 Å². The van der Waals surface area contributed by atoms with E-state index in [9.17, 15) is 19.8 Å². The van der Waals surface area contributed by atoms with Crippen molar-refractivity contribution < 1.29 is 24.9 Å². The summed E-state index contributed by atoms with van der Waals surface area (Å²) in [5.41, 5.74) is 2.62. The molecular formula is C21H21N3O5. The summed E-state index contributed by atoms with van der Waals surface area (Å²) < 4.78 is 0. The van der Waals surface area contributed by atoms with Gasteiger partial charge in [-0.25, -0.2) is 4.79 Å². The van der Waals surface area contributed by atoms with Crippen LogP contribution in [0.15, 0.2) is 54.3 Å². The third-order valence-corrected chi connectivity index (χ3v) is 5.29. The molecule has 2 aromatic rings. The van der Waals surface area contributed by atoms with Crippen LogP contribution in [0.3, 0.4) is 0 Å². The fourth-order valence-electron chi connectivity index (χ4n) is 3.67. The molecule has 2 aromatic carbocycles. The molecule has 8 nitrogen and oxygen atoms in total. The lowest BCUT2D eigenvalue weighted by atomic mass is 10.0. The van der Waals surface area contributed by atoms with Crippen LogP contribution in [0.25, 0.3) is 5.76 Å². The molecular weight excluding hydrogens is 374 g/mol. The highest BCUT2D eigenvalue weighted by Crippen LogP contribution is 2.37. The van der Waals surface area contributed by atoms with E-state index in [0.29, 0.717) is 37.3 Å². The van der Waals surface area contributed by atoms with E-state index in [2.05, 4.69) is 0 Å². The summed E-state index contributed by atoms with van der Waals surface area (Å²) in [6.07, 6.45) is -0.966. The van der Waals surface area contributed by atoms with Crippen LogP contribution in [0.2, 0.25) is 0 Å². The van der Waals surface area contributed by atoms with Gasteiger partial charge < -0.3 is 30.0 Å². The normalized spacial score (nSPS) is 16.6. The predicted molar refractivity (Wildman–Crippen MR) is 108 cm³/mol. The smallest absolute Gasteiger partial charge is 0.407 e. The topological polar surface area (TPSA) is 105 Å². The Morgan fingerprint density at radius 1 is 0.828 bits per heavy atom. The van der Waals surface area contributed by atoms with Gasteiger partial charge in [-0.2, -0.15) is 0 Å². The summed E-state index contributed by atoms with van der Waals surface area (Å²) in [5, 5.41) is 29.3. The number of nitrogens with zero attached hydrogens (tertiary/aromatic N) is 3. The summed E-state index contributed by atoms with van der Waals surface area (Å²) >= 11 is 0. The molecule has 0 radical (unpaired) electrons. The number of hydrogen-bond donors (Lipinski definition) is 3. The van der Waals surface area contributed by atoms with Crippen molar-refractivity contribution in [3.8, 4) is 0 Å². The number of para-hydroxylation sites is 1. The average molecular weight is 395 g/mol. The van der Waals surface area contributed by atoms with Gasteiger partial charge in [-0.15, -0.1) is 0 Å². The van der Waals surface area contributed by atoms with Gasteiger partial charge in [0, 0.05) is 43.0 Å². The summed E-state index contributed by atoms with van der Waals surface area (Å²) in [4.78, 5) is 28.5. The zero-order valence-electron chi connectivity index (χ0n) is 15.7. The first kappa shape index (κ1) is 18.7. The minimum Gasteiger partial charge on any atom is -0.507 e. The highest BCUT2D eigenvalue weighted by molar-refractivity contribution is 5.95. The van der Waals surface area contributed by atoms with Crippen molar-refractivity contribution in [1.82, 2.24) is 9.80 Å². The van der Waals surface area contributed by atoms with Crippen LogP contribution in [0.5, 0.6) is 0 Å². The summed E-state index contributed by atoms with van der Waals surface area (Å²) in [6.45, 7) is 1.47. The van der Waals surface area contributed by atoms with Gasteiger partial charge in [-0.3, -0.25) is 4.79 Å². The minimum absolute atomic E-state index is 0.111. The first-order chi connectivity index (χ1) is 14.0. The highest BCUT2D eigenvalue weighted by Gasteiger charge is 2.26. The summed E-state index contributed by atoms with van der Waals surface area (Å²) in [6, 6.07) is 14.3. The maximum absolute atomic E-state index is 12.7. The largest absolute Gasteiger partial charge is 0.507 e. The first-order valence-electron chi connectivity index (χ1n) is 9.31. The van der Waals surface area contributed by atoms with Crippen molar-refractivity contribution in [2.45, 2.75) is 0 Å². The number of piperazine rings is 1. The molecule has 4 rings (SSSR count). The number of carbonyl (C=O) groups is 2. The van der Waals surface area contributed by atoms with Crippen LogP contribution < -0.4 is 4.90 Å². The first-order valence-corrected chi connectivity index (χ1v) is 9.31. The molecule has 0 bridgehead atoms. The lowest BCUT2D eigenvalue weighted by molar-refractivity contribution is 0.0625. The van der Waals surface area contributed by atoms with Gasteiger partial charge in [0.05, 0.1) is 12.2 Å². The second kappa shape index (κ2) is 7.38. The van der Waals surface area contributed by atoms with Crippen LogP contribution >= 0.6 is 0 Å². The van der Waals surface area contributed by atoms with Gasteiger partial charge in [0.15, 0.2) is 11.5 Å². The Morgan fingerprint density at radius 3 is 2.10 bits per heavy atom. The number of anilines is 2. The molecule has 0 aliphatic carbocycles. The Kier molecular flexibility index (Phi) is 4.75. The summed E-state index contributed by atoms with van der Waals surface area (Å²) in [7, 11) is 0. The maximum atomic E-state index is 12.7. The van der Waals surface area contributed by atoms with Crippen LogP contribution in [-0.4, -0.2) is 69.8 Å². The Labute approximate surface area is 167 Å². The molecule has 0 aromatic heterocycles. The fourth-order valence-corrected chi connectivity index (χ4v) is 3.67. The number of aliphatic hydroxyl groups is 2. The lowest BCUT2D eigenvalue weighted by Crippen LogP contribution is -2.50. The van der Waals surface area contributed by atoms with Gasteiger partial charge >= 0.3 is 6.09 Å². The van der Waals surface area contributed by atoms with Crippen molar-refractivity contribution in [1.29, 1.82) is 0 Å². The number of amides is 2. The average Bonchev–Trinajstić information content (AvgIpc) is 2.76. The van der Waals surface area contributed by atoms with E-state index >= 15 is 0 Å². The van der Waals surface area contributed by atoms with E-state index in [1.807, 2.05) is 17.0 Å². The molecule has 29 heavy (non-hydrogen) atoms. The minimum atomic E-state index is -0.966. The van der Waals surface area contributed by atoms with E-state index < -0.39 is 6.09 Å². The second-order valence-corrected chi connectivity index (χ2v) is 7.01. The zero-order chi connectivity index (χ0) is 20.5. The number of benzene rings is 2. The van der Waals surface area contributed by atoms with E-state index in [1.165, 1.54) is 4.90 Å². The van der Waals surface area contributed by atoms with E-state index in [1.54, 1.807) is 41.3 Å². The number of fused-ring (bicyclic) bond motifs is 1. The quantitative estimate of drug-likeness (QED) is 0.722. The van der Waals surface area contributed by atoms with Gasteiger partial charge in [-0.1, -0.05) is 12.1 Å². The Hall–Kier alpha value is -3.68. The summed E-state index contributed by atoms with van der Waals surface area (Å²) in [5.74, 6) is -0.370. The number of carbonyl (C=O) groups excluding carboxylic acids is 1. The molecule has 2 amide bonds. The number of carboxylic acid groups (broad SMARTS) is 1. The lowest BCUT2D eigenvalue weighted by Gasteiger charge is -2.33. The standard InChI is InChI=1S/C21H21N3O5/c25-18-13-24(17-4-2-1-3-16(17)19(18)26)15-7-5-14(6-8-15)20(27)22-9-11-23(12-10-22)21(28)29/h1-8,25-26H,9-13H2,(H,28,29). The van der Waals surface area contributed by atoms with Crippen molar-refractivity contribution in [2.75, 3.05) is 37.6 Å². The fraction of sp³-hybridized carbons (Fsp3) is 0.238. The monoisotopic (exact) mass is 395 g/mol. The molecule has 1 fully saturated rings. The van der Waals surface area contributed by atoms with Crippen LogP contribution in [0.1, 0.15) is 15.9 Å². The van der Waals surface area contributed by atoms with Crippen LogP contribution in [0.4, 0.5) is 16.2 Å². The maximum Gasteiger partial charge on any atom is 0.407 e. The van der Waals surface area contributed by atoms with E-state index in [0.717, 1.165) is 11.4 Å². The number of hydrogen-bond acceptors (Lipinski definition) is 5. The highest BCUT2D eigenvalue weighted by atomic mass is 16.4. The molecule has 3 N–H and O–H groups in total. The van der Waals surface area contributed by atoms with Crippen molar-refractivity contribution in [3.05, 3.63) is 65.4 Å². The third-order valence-electron chi connectivity index (χ3n) is 5.29. The number of rotatable bonds is 2. The van der Waals surface area contributed by atoms with Gasteiger partial charge in [0.25, 0.3) is 5.91 Å². The molecule has 0 unspecified atom stereocenters. The van der Waals surface area contributed by atoms with E-state index in [-0.39, 0.29) is 24.0 Å². The zero-order valence-corrected chi connectivity index (χ0v) is 15.7. The van der Waals surface area contributed by atoms with E-state index in [4.69, 9.17) is 5.11 Å². The molecule has 0 atom stereocenters. The molecule has 150 valence electrons. The Balaban J connectivity index is 1.52. The second-order valence-electron chi connectivity index (χ2n) is 7.01. The van der Waals surface area contributed by atoms with Crippen molar-refractivity contribution >= 4 is 29.1 Å². The molecule has 0 saturated carbocycles. The molecule has 0 spiro atoms. The van der Waals surface area contributed by atoms with Crippen LogP contribution in [0, 0.1) is 0 Å².